The number of anilines is 1. The number of carbonyl (C=O) groups is 1. The van der Waals surface area contributed by atoms with E-state index in [4.69, 9.17) is 16.7 Å². The number of halogens is 1. The molecule has 132 valence electrons. The maximum Gasteiger partial charge on any atom is 0.303 e. The largest absolute Gasteiger partial charge is 0.481 e. The van der Waals surface area contributed by atoms with E-state index in [2.05, 4.69) is 24.0 Å². The van der Waals surface area contributed by atoms with Crippen LogP contribution in [0, 0.1) is 18.3 Å². The van der Waals surface area contributed by atoms with Gasteiger partial charge in [0.25, 0.3) is 0 Å². The van der Waals surface area contributed by atoms with Gasteiger partial charge in [0.2, 0.25) is 0 Å². The molecular weight excluding hydrogens is 322 g/mol. The molecular formula is C20H28ClNO2. The normalized spacial score (nSPS) is 22.9. The Kier molecular flexibility index (Phi) is 5.39. The first-order chi connectivity index (χ1) is 11.5. The molecule has 0 aromatic heterocycles. The first-order valence-electron chi connectivity index (χ1n) is 9.20. The number of piperidine rings is 1. The second-order valence-corrected chi connectivity index (χ2v) is 8.24. The van der Waals surface area contributed by atoms with E-state index in [1.165, 1.54) is 43.4 Å². The zero-order valence-electron chi connectivity index (χ0n) is 14.6. The van der Waals surface area contributed by atoms with Crippen LogP contribution >= 0.6 is 11.6 Å². The van der Waals surface area contributed by atoms with Crippen molar-refractivity contribution in [2.45, 2.75) is 58.3 Å². The molecule has 1 heterocycles. The molecule has 24 heavy (non-hydrogen) atoms. The first kappa shape index (κ1) is 17.6. The summed E-state index contributed by atoms with van der Waals surface area (Å²) in [4.78, 5) is 13.1. The molecule has 3 rings (SSSR count). The summed E-state index contributed by atoms with van der Waals surface area (Å²) < 4.78 is 0. The lowest BCUT2D eigenvalue weighted by molar-refractivity contribution is -0.137. The first-order valence-corrected chi connectivity index (χ1v) is 9.58. The molecule has 1 unspecified atom stereocenters. The van der Waals surface area contributed by atoms with Crippen molar-refractivity contribution in [3.63, 3.8) is 0 Å². The highest BCUT2D eigenvalue weighted by Gasteiger charge is 2.41. The van der Waals surface area contributed by atoms with Crippen molar-refractivity contribution >= 4 is 23.3 Å². The van der Waals surface area contributed by atoms with E-state index in [0.717, 1.165) is 36.9 Å². The minimum atomic E-state index is -0.661. The molecule has 1 spiro atoms. The second kappa shape index (κ2) is 7.35. The van der Waals surface area contributed by atoms with Gasteiger partial charge in [-0.3, -0.25) is 4.79 Å². The molecule has 4 heteroatoms. The molecule has 0 bridgehead atoms. The Balaban J connectivity index is 1.53. The summed E-state index contributed by atoms with van der Waals surface area (Å²) in [6.45, 7) is 4.29. The van der Waals surface area contributed by atoms with Crippen molar-refractivity contribution in [3.8, 4) is 0 Å². The third-order valence-electron chi connectivity index (χ3n) is 6.07. The summed E-state index contributed by atoms with van der Waals surface area (Å²) in [5, 5.41) is 9.65. The van der Waals surface area contributed by atoms with Crippen LogP contribution in [-0.2, 0) is 4.79 Å². The van der Waals surface area contributed by atoms with Crippen LogP contribution in [0.1, 0.15) is 56.9 Å². The molecule has 1 aliphatic carbocycles. The number of benzene rings is 1. The van der Waals surface area contributed by atoms with Crippen LogP contribution in [0.5, 0.6) is 0 Å². The summed E-state index contributed by atoms with van der Waals surface area (Å²) in [5.41, 5.74) is 2.94. The molecule has 1 aliphatic heterocycles. The lowest BCUT2D eigenvalue weighted by Crippen LogP contribution is -2.39. The van der Waals surface area contributed by atoms with Gasteiger partial charge in [-0.15, -0.1) is 0 Å². The van der Waals surface area contributed by atoms with Gasteiger partial charge in [-0.05, 0) is 80.9 Å². The fraction of sp³-hybridized carbons (Fsp3) is 0.650. The maximum atomic E-state index is 10.7. The van der Waals surface area contributed by atoms with Crippen molar-refractivity contribution in [1.82, 2.24) is 0 Å². The number of nitrogens with zero attached hydrogens (tertiary/aromatic N) is 1. The van der Waals surface area contributed by atoms with Crippen molar-refractivity contribution in [2.75, 3.05) is 18.0 Å². The summed E-state index contributed by atoms with van der Waals surface area (Å²) in [7, 11) is 0. The fourth-order valence-corrected chi connectivity index (χ4v) is 4.89. The average molecular weight is 350 g/mol. The number of hydrogen-bond acceptors (Lipinski definition) is 2. The number of aryl methyl sites for hydroxylation is 1. The van der Waals surface area contributed by atoms with E-state index >= 15 is 0 Å². The van der Waals surface area contributed by atoms with Gasteiger partial charge >= 0.3 is 5.97 Å². The number of carboxylic acids is 1. The quantitative estimate of drug-likeness (QED) is 0.785. The van der Waals surface area contributed by atoms with E-state index in [-0.39, 0.29) is 0 Å². The number of rotatable bonds is 5. The van der Waals surface area contributed by atoms with Crippen LogP contribution in [-0.4, -0.2) is 24.2 Å². The minimum Gasteiger partial charge on any atom is -0.481 e. The lowest BCUT2D eigenvalue weighted by atomic mass is 9.76. The summed E-state index contributed by atoms with van der Waals surface area (Å²) in [5.74, 6) is 0.0736. The van der Waals surface area contributed by atoms with Gasteiger partial charge in [0, 0.05) is 19.5 Å². The third-order valence-corrected chi connectivity index (χ3v) is 6.39. The van der Waals surface area contributed by atoms with E-state index in [9.17, 15) is 4.79 Å². The minimum absolute atomic E-state index is 0.323. The molecule has 1 saturated heterocycles. The Morgan fingerprint density at radius 3 is 2.79 bits per heavy atom. The predicted molar refractivity (Wildman–Crippen MR) is 98.9 cm³/mol. The number of aliphatic carboxylic acids is 1. The Bertz CT molecular complexity index is 593. The van der Waals surface area contributed by atoms with Gasteiger partial charge in [0.1, 0.15) is 0 Å². The molecule has 2 aliphatic rings. The molecule has 3 nitrogen and oxygen atoms in total. The van der Waals surface area contributed by atoms with Crippen LogP contribution in [0.3, 0.4) is 0 Å². The molecule has 2 fully saturated rings. The number of carboxylic acid groups (broad SMARTS) is 1. The third kappa shape index (κ3) is 4.05. The Hall–Kier alpha value is -1.22. The Morgan fingerprint density at radius 1 is 1.33 bits per heavy atom. The fourth-order valence-electron chi connectivity index (χ4n) is 4.66. The monoisotopic (exact) mass is 349 g/mol. The van der Waals surface area contributed by atoms with Gasteiger partial charge in [-0.25, -0.2) is 0 Å². The lowest BCUT2D eigenvalue weighted by Gasteiger charge is -2.41. The standard InChI is InChI=1S/C20H28ClNO2/c1-15-5-6-17(21)18(13-15)22-11-9-20(10-12-22)8-7-16(14-20)3-2-4-19(23)24/h5-6,13,16H,2-4,7-12,14H2,1H3,(H,23,24). The van der Waals surface area contributed by atoms with Crippen LogP contribution in [0.2, 0.25) is 5.02 Å². The Morgan fingerprint density at radius 2 is 2.08 bits per heavy atom. The smallest absolute Gasteiger partial charge is 0.303 e. The van der Waals surface area contributed by atoms with Gasteiger partial charge in [-0.2, -0.15) is 0 Å². The second-order valence-electron chi connectivity index (χ2n) is 7.84. The maximum absolute atomic E-state index is 10.7. The highest BCUT2D eigenvalue weighted by molar-refractivity contribution is 6.33. The average Bonchev–Trinajstić information content (AvgIpc) is 2.93. The molecule has 1 N–H and O–H groups in total. The summed E-state index contributed by atoms with van der Waals surface area (Å²) in [6, 6.07) is 6.27. The molecule has 1 aromatic carbocycles. The van der Waals surface area contributed by atoms with Crippen molar-refractivity contribution in [3.05, 3.63) is 28.8 Å². The van der Waals surface area contributed by atoms with Crippen molar-refractivity contribution in [1.29, 1.82) is 0 Å². The van der Waals surface area contributed by atoms with E-state index in [1.54, 1.807) is 0 Å². The van der Waals surface area contributed by atoms with Crippen molar-refractivity contribution < 1.29 is 9.90 Å². The van der Waals surface area contributed by atoms with E-state index in [1.807, 2.05) is 6.07 Å². The summed E-state index contributed by atoms with van der Waals surface area (Å²) in [6.07, 6.45) is 8.62. The molecule has 0 radical (unpaired) electrons. The zero-order chi connectivity index (χ0) is 17.2. The zero-order valence-corrected chi connectivity index (χ0v) is 15.3. The molecule has 0 amide bonds. The van der Waals surface area contributed by atoms with Gasteiger partial charge in [0.15, 0.2) is 0 Å². The van der Waals surface area contributed by atoms with Gasteiger partial charge in [0.05, 0.1) is 10.7 Å². The SMILES string of the molecule is Cc1ccc(Cl)c(N2CCC3(CCC(CCCC(=O)O)C3)CC2)c1. The summed E-state index contributed by atoms with van der Waals surface area (Å²) >= 11 is 6.40. The van der Waals surface area contributed by atoms with Crippen LogP contribution < -0.4 is 4.90 Å². The number of hydrogen-bond donors (Lipinski definition) is 1. The highest BCUT2D eigenvalue weighted by atomic mass is 35.5. The topological polar surface area (TPSA) is 40.5 Å². The van der Waals surface area contributed by atoms with Gasteiger partial charge in [-0.1, -0.05) is 17.7 Å². The van der Waals surface area contributed by atoms with Crippen molar-refractivity contribution in [2.24, 2.45) is 11.3 Å². The Labute approximate surface area is 150 Å². The molecule has 1 atom stereocenters. The predicted octanol–water partition coefficient (Wildman–Crippen LogP) is 5.29. The van der Waals surface area contributed by atoms with Gasteiger partial charge < -0.3 is 10.0 Å². The molecule has 1 saturated carbocycles. The van der Waals surface area contributed by atoms with Crippen LogP contribution in [0.25, 0.3) is 0 Å². The van der Waals surface area contributed by atoms with E-state index in [0.29, 0.717) is 11.8 Å². The highest BCUT2D eigenvalue weighted by Crippen LogP contribution is 2.50. The van der Waals surface area contributed by atoms with Crippen LogP contribution in [0.4, 0.5) is 5.69 Å². The van der Waals surface area contributed by atoms with Crippen LogP contribution in [0.15, 0.2) is 18.2 Å². The van der Waals surface area contributed by atoms with E-state index < -0.39 is 5.97 Å². The molecule has 1 aromatic rings.